The van der Waals surface area contributed by atoms with Gasteiger partial charge in [0.25, 0.3) is 0 Å². The topological polar surface area (TPSA) is 73.3 Å². The van der Waals surface area contributed by atoms with Gasteiger partial charge in [-0.15, -0.1) is 12.4 Å². The largest absolute Gasteiger partial charge is 0.495 e. The number of nitrogens with zero attached hydrogens (tertiary/aromatic N) is 2. The van der Waals surface area contributed by atoms with Crippen molar-refractivity contribution in [2.75, 3.05) is 19.5 Å². The van der Waals surface area contributed by atoms with Gasteiger partial charge in [0, 0.05) is 23.0 Å². The van der Waals surface area contributed by atoms with Crippen LogP contribution in [0.2, 0.25) is 5.02 Å². The Hall–Kier alpha value is -2.57. The van der Waals surface area contributed by atoms with Gasteiger partial charge >= 0.3 is 5.97 Å². The molecule has 1 aromatic carbocycles. The summed E-state index contributed by atoms with van der Waals surface area (Å²) in [6.45, 7) is 1.88. The maximum atomic E-state index is 12.1. The molecular formula is C18H17Cl2N3O3. The number of esters is 1. The SMILES string of the molecule is COC(=O)c1cnc2nc(C)ccc2c1Nc1ccc(OC)c(Cl)c1.Cl. The van der Waals surface area contributed by atoms with Crippen molar-refractivity contribution >= 4 is 52.4 Å². The maximum Gasteiger partial charge on any atom is 0.341 e. The van der Waals surface area contributed by atoms with Crippen molar-refractivity contribution in [1.82, 2.24) is 9.97 Å². The van der Waals surface area contributed by atoms with Gasteiger partial charge in [-0.3, -0.25) is 0 Å². The van der Waals surface area contributed by atoms with Crippen LogP contribution in [0.1, 0.15) is 16.1 Å². The first-order valence-electron chi connectivity index (χ1n) is 7.48. The van der Waals surface area contributed by atoms with E-state index in [1.807, 2.05) is 19.1 Å². The molecule has 0 saturated carbocycles. The van der Waals surface area contributed by atoms with Crippen molar-refractivity contribution in [2.45, 2.75) is 6.92 Å². The minimum Gasteiger partial charge on any atom is -0.495 e. The van der Waals surface area contributed by atoms with Crippen LogP contribution in [0, 0.1) is 6.92 Å². The number of ether oxygens (including phenoxy) is 2. The molecule has 26 heavy (non-hydrogen) atoms. The maximum absolute atomic E-state index is 12.1. The van der Waals surface area contributed by atoms with Gasteiger partial charge < -0.3 is 14.8 Å². The van der Waals surface area contributed by atoms with E-state index in [1.165, 1.54) is 13.3 Å². The lowest BCUT2D eigenvalue weighted by Gasteiger charge is -2.14. The Morgan fingerprint density at radius 2 is 1.96 bits per heavy atom. The highest BCUT2D eigenvalue weighted by molar-refractivity contribution is 6.32. The first-order chi connectivity index (χ1) is 12.0. The molecule has 0 fully saturated rings. The number of hydrogen-bond acceptors (Lipinski definition) is 6. The Bertz CT molecular complexity index is 964. The molecule has 0 aliphatic carbocycles. The molecule has 136 valence electrons. The van der Waals surface area contributed by atoms with Crippen LogP contribution in [-0.4, -0.2) is 30.2 Å². The summed E-state index contributed by atoms with van der Waals surface area (Å²) < 4.78 is 10.0. The van der Waals surface area contributed by atoms with Crippen LogP contribution < -0.4 is 10.1 Å². The van der Waals surface area contributed by atoms with Crippen LogP contribution >= 0.6 is 24.0 Å². The van der Waals surface area contributed by atoms with E-state index in [4.69, 9.17) is 21.1 Å². The fourth-order valence-electron chi connectivity index (χ4n) is 2.46. The monoisotopic (exact) mass is 393 g/mol. The Balaban J connectivity index is 0.00000243. The third-order valence-electron chi connectivity index (χ3n) is 3.70. The summed E-state index contributed by atoms with van der Waals surface area (Å²) in [5, 5.41) is 4.39. The molecule has 0 aliphatic rings. The average Bonchev–Trinajstić information content (AvgIpc) is 2.61. The number of fused-ring (bicyclic) bond motifs is 1. The van der Waals surface area contributed by atoms with Crippen molar-refractivity contribution < 1.29 is 14.3 Å². The Kier molecular flexibility index (Phi) is 6.23. The van der Waals surface area contributed by atoms with Crippen molar-refractivity contribution in [3.8, 4) is 5.75 Å². The zero-order valence-electron chi connectivity index (χ0n) is 14.4. The minimum absolute atomic E-state index is 0. The Morgan fingerprint density at radius 3 is 2.62 bits per heavy atom. The fraction of sp³-hybridized carbons (Fsp3) is 0.167. The van der Waals surface area contributed by atoms with E-state index in [2.05, 4.69) is 15.3 Å². The van der Waals surface area contributed by atoms with E-state index in [0.29, 0.717) is 38.7 Å². The molecule has 2 aromatic heterocycles. The van der Waals surface area contributed by atoms with E-state index in [-0.39, 0.29) is 12.4 Å². The quantitative estimate of drug-likeness (QED) is 0.655. The molecule has 0 aliphatic heterocycles. The van der Waals surface area contributed by atoms with E-state index in [9.17, 15) is 4.79 Å². The van der Waals surface area contributed by atoms with Crippen LogP contribution in [0.5, 0.6) is 5.75 Å². The average molecular weight is 394 g/mol. The molecule has 0 radical (unpaired) electrons. The summed E-state index contributed by atoms with van der Waals surface area (Å²) in [7, 11) is 2.88. The number of pyridine rings is 2. The smallest absolute Gasteiger partial charge is 0.341 e. The number of anilines is 2. The molecule has 0 bridgehead atoms. The summed E-state index contributed by atoms with van der Waals surface area (Å²) in [6, 6.07) is 8.99. The van der Waals surface area contributed by atoms with Crippen molar-refractivity contribution in [1.29, 1.82) is 0 Å². The van der Waals surface area contributed by atoms with Gasteiger partial charge in [-0.05, 0) is 37.3 Å². The third-order valence-corrected chi connectivity index (χ3v) is 3.99. The molecule has 0 saturated heterocycles. The second kappa shape index (κ2) is 8.21. The second-order valence-corrected chi connectivity index (χ2v) is 5.74. The first-order valence-corrected chi connectivity index (χ1v) is 7.86. The van der Waals surface area contributed by atoms with Crippen LogP contribution in [0.25, 0.3) is 11.0 Å². The third kappa shape index (κ3) is 3.81. The van der Waals surface area contributed by atoms with E-state index in [1.54, 1.807) is 25.3 Å². The molecule has 3 aromatic rings. The number of hydrogen-bond donors (Lipinski definition) is 1. The Labute approximate surface area is 161 Å². The number of benzene rings is 1. The molecule has 8 heteroatoms. The lowest BCUT2D eigenvalue weighted by atomic mass is 10.1. The highest BCUT2D eigenvalue weighted by Gasteiger charge is 2.17. The molecule has 0 unspecified atom stereocenters. The number of halogens is 2. The highest BCUT2D eigenvalue weighted by atomic mass is 35.5. The minimum atomic E-state index is -0.489. The lowest BCUT2D eigenvalue weighted by Crippen LogP contribution is -2.08. The molecule has 3 rings (SSSR count). The fourth-order valence-corrected chi connectivity index (χ4v) is 2.72. The van der Waals surface area contributed by atoms with Gasteiger partial charge in [-0.1, -0.05) is 11.6 Å². The number of nitrogens with one attached hydrogen (secondary N) is 1. The summed E-state index contributed by atoms with van der Waals surface area (Å²) in [5.74, 6) is 0.0781. The summed E-state index contributed by atoms with van der Waals surface area (Å²) >= 11 is 6.18. The van der Waals surface area contributed by atoms with Crippen molar-refractivity contribution in [3.63, 3.8) is 0 Å². The van der Waals surface area contributed by atoms with E-state index >= 15 is 0 Å². The molecule has 0 amide bonds. The molecule has 0 atom stereocenters. The van der Waals surface area contributed by atoms with Crippen LogP contribution in [0.3, 0.4) is 0 Å². The normalized spacial score (nSPS) is 10.2. The predicted molar refractivity (Wildman–Crippen MR) is 104 cm³/mol. The van der Waals surface area contributed by atoms with Gasteiger partial charge in [0.1, 0.15) is 11.3 Å². The summed E-state index contributed by atoms with van der Waals surface area (Å²) in [6.07, 6.45) is 1.45. The highest BCUT2D eigenvalue weighted by Crippen LogP contribution is 2.32. The molecule has 2 heterocycles. The number of methoxy groups -OCH3 is 2. The van der Waals surface area contributed by atoms with Gasteiger partial charge in [0.05, 0.1) is 24.9 Å². The van der Waals surface area contributed by atoms with Gasteiger partial charge in [-0.2, -0.15) is 0 Å². The van der Waals surface area contributed by atoms with Crippen LogP contribution in [0.4, 0.5) is 11.4 Å². The zero-order chi connectivity index (χ0) is 18.0. The predicted octanol–water partition coefficient (Wildman–Crippen LogP) is 4.55. The van der Waals surface area contributed by atoms with E-state index in [0.717, 1.165) is 5.69 Å². The second-order valence-electron chi connectivity index (χ2n) is 5.34. The van der Waals surface area contributed by atoms with Crippen LogP contribution in [-0.2, 0) is 4.74 Å². The van der Waals surface area contributed by atoms with Gasteiger partial charge in [0.15, 0.2) is 5.65 Å². The van der Waals surface area contributed by atoms with Gasteiger partial charge in [-0.25, -0.2) is 14.8 Å². The number of carbonyl (C=O) groups is 1. The van der Waals surface area contributed by atoms with Crippen molar-refractivity contribution in [3.05, 3.63) is 52.8 Å². The number of rotatable bonds is 4. The van der Waals surface area contributed by atoms with Crippen molar-refractivity contribution in [2.24, 2.45) is 0 Å². The Morgan fingerprint density at radius 1 is 1.19 bits per heavy atom. The number of aromatic nitrogens is 2. The summed E-state index contributed by atoms with van der Waals surface area (Å²) in [5.41, 5.74) is 2.95. The molecule has 6 nitrogen and oxygen atoms in total. The standard InChI is InChI=1S/C18H16ClN3O3.ClH/c1-10-4-6-12-16(13(18(23)25-3)9-20-17(12)21-10)22-11-5-7-15(24-2)14(19)8-11;/h4-9H,1-3H3,(H,20,21,22);1H. The van der Waals surface area contributed by atoms with Gasteiger partial charge in [0.2, 0.25) is 0 Å². The summed E-state index contributed by atoms with van der Waals surface area (Å²) in [4.78, 5) is 20.8. The molecule has 0 spiro atoms. The lowest BCUT2D eigenvalue weighted by molar-refractivity contribution is 0.0601. The number of carbonyl (C=O) groups excluding carboxylic acids is 1. The zero-order valence-corrected chi connectivity index (χ0v) is 15.9. The first kappa shape index (κ1) is 19.8. The van der Waals surface area contributed by atoms with Crippen LogP contribution in [0.15, 0.2) is 36.5 Å². The molecular weight excluding hydrogens is 377 g/mol. The molecule has 1 N–H and O–H groups in total. The number of aryl methyl sites for hydroxylation is 1. The van der Waals surface area contributed by atoms with E-state index < -0.39 is 5.97 Å².